The summed E-state index contributed by atoms with van der Waals surface area (Å²) in [5, 5.41) is 0. The van der Waals surface area contributed by atoms with Crippen molar-refractivity contribution in [2.45, 2.75) is 45.4 Å². The van der Waals surface area contributed by atoms with Crippen LogP contribution in [0.1, 0.15) is 45.6 Å². The Morgan fingerprint density at radius 3 is 2.18 bits per heavy atom. The highest BCUT2D eigenvalue weighted by molar-refractivity contribution is 5.26. The summed E-state index contributed by atoms with van der Waals surface area (Å²) in [4.78, 5) is 0. The van der Waals surface area contributed by atoms with Crippen molar-refractivity contribution in [3.63, 3.8) is 0 Å². The van der Waals surface area contributed by atoms with Crippen molar-refractivity contribution in [1.82, 2.24) is 0 Å². The van der Waals surface area contributed by atoms with Gasteiger partial charge in [-0.1, -0.05) is 51.1 Å². The van der Waals surface area contributed by atoms with Gasteiger partial charge in [-0.05, 0) is 30.2 Å². The summed E-state index contributed by atoms with van der Waals surface area (Å²) in [7, 11) is 0. The van der Waals surface area contributed by atoms with Crippen molar-refractivity contribution in [3.8, 4) is 0 Å². The van der Waals surface area contributed by atoms with Crippen LogP contribution >= 0.6 is 0 Å². The van der Waals surface area contributed by atoms with Gasteiger partial charge in [0.2, 0.25) is 0 Å². The Morgan fingerprint density at radius 2 is 1.65 bits per heavy atom. The Balaban J connectivity index is 2.30. The smallest absolute Gasteiger partial charge is 0.0474 e. The lowest BCUT2D eigenvalue weighted by atomic mass is 9.65. The van der Waals surface area contributed by atoms with Gasteiger partial charge < -0.3 is 4.74 Å². The van der Waals surface area contributed by atoms with Crippen molar-refractivity contribution in [1.29, 1.82) is 0 Å². The highest BCUT2D eigenvalue weighted by Gasteiger charge is 2.37. The minimum absolute atomic E-state index is 0.331. The molecule has 0 atom stereocenters. The summed E-state index contributed by atoms with van der Waals surface area (Å²) < 4.78 is 5.56. The molecule has 0 N–H and O–H groups in total. The lowest BCUT2D eigenvalue weighted by molar-refractivity contribution is 0.0340. The second-order valence-corrected chi connectivity index (χ2v) is 6.50. The SMILES string of the molecule is CC(C)(C)CC1(c2ccccc2)CCOCC1. The first-order valence-electron chi connectivity index (χ1n) is 6.65. The van der Waals surface area contributed by atoms with E-state index in [1.165, 1.54) is 12.0 Å². The van der Waals surface area contributed by atoms with Gasteiger partial charge in [0.25, 0.3) is 0 Å². The van der Waals surface area contributed by atoms with Crippen LogP contribution in [0.2, 0.25) is 0 Å². The van der Waals surface area contributed by atoms with Crippen LogP contribution in [0, 0.1) is 5.41 Å². The van der Waals surface area contributed by atoms with Gasteiger partial charge in [0.05, 0.1) is 0 Å². The highest BCUT2D eigenvalue weighted by Crippen LogP contribution is 2.43. The van der Waals surface area contributed by atoms with E-state index in [0.717, 1.165) is 26.1 Å². The fourth-order valence-electron chi connectivity index (χ4n) is 3.14. The Morgan fingerprint density at radius 1 is 1.06 bits per heavy atom. The topological polar surface area (TPSA) is 9.23 Å². The molecule has 94 valence electrons. The molecule has 0 amide bonds. The van der Waals surface area contributed by atoms with Crippen LogP contribution in [0.25, 0.3) is 0 Å². The molecule has 1 aliphatic rings. The third kappa shape index (κ3) is 3.10. The van der Waals surface area contributed by atoms with E-state index in [2.05, 4.69) is 51.1 Å². The molecule has 1 fully saturated rings. The first kappa shape index (κ1) is 12.6. The Kier molecular flexibility index (Phi) is 3.58. The van der Waals surface area contributed by atoms with E-state index in [0.29, 0.717) is 10.8 Å². The van der Waals surface area contributed by atoms with E-state index in [9.17, 15) is 0 Å². The van der Waals surface area contributed by atoms with Crippen LogP contribution in [0.5, 0.6) is 0 Å². The highest BCUT2D eigenvalue weighted by atomic mass is 16.5. The Bertz CT molecular complexity index is 342. The molecule has 0 aromatic heterocycles. The van der Waals surface area contributed by atoms with Gasteiger partial charge in [0.15, 0.2) is 0 Å². The van der Waals surface area contributed by atoms with Crippen LogP contribution < -0.4 is 0 Å². The van der Waals surface area contributed by atoms with E-state index < -0.39 is 0 Å². The molecule has 0 unspecified atom stereocenters. The molecule has 1 aromatic carbocycles. The maximum absolute atomic E-state index is 5.56. The number of hydrogen-bond donors (Lipinski definition) is 0. The molecule has 2 rings (SSSR count). The monoisotopic (exact) mass is 232 g/mol. The zero-order valence-corrected chi connectivity index (χ0v) is 11.3. The predicted molar refractivity (Wildman–Crippen MR) is 72.2 cm³/mol. The summed E-state index contributed by atoms with van der Waals surface area (Å²) in [5.74, 6) is 0. The van der Waals surface area contributed by atoms with Gasteiger partial charge in [0, 0.05) is 18.6 Å². The molecular formula is C16H24O. The summed E-state index contributed by atoms with van der Waals surface area (Å²) in [6.45, 7) is 8.84. The lowest BCUT2D eigenvalue weighted by Gasteiger charge is -2.42. The second-order valence-electron chi connectivity index (χ2n) is 6.50. The van der Waals surface area contributed by atoms with Crippen molar-refractivity contribution >= 4 is 0 Å². The predicted octanol–water partition coefficient (Wildman–Crippen LogP) is 4.17. The molecule has 1 aliphatic heterocycles. The average Bonchev–Trinajstić information content (AvgIpc) is 2.29. The maximum Gasteiger partial charge on any atom is 0.0474 e. The van der Waals surface area contributed by atoms with Crippen molar-refractivity contribution in [2.75, 3.05) is 13.2 Å². The summed E-state index contributed by atoms with van der Waals surface area (Å²) in [5.41, 5.74) is 2.20. The van der Waals surface area contributed by atoms with Gasteiger partial charge >= 0.3 is 0 Å². The number of ether oxygens (including phenoxy) is 1. The van der Waals surface area contributed by atoms with Gasteiger partial charge in [0.1, 0.15) is 0 Å². The van der Waals surface area contributed by atoms with Crippen LogP contribution in [0.4, 0.5) is 0 Å². The summed E-state index contributed by atoms with van der Waals surface area (Å²) in [6.07, 6.45) is 3.57. The number of rotatable bonds is 2. The molecule has 1 aromatic rings. The lowest BCUT2D eigenvalue weighted by Crippen LogP contribution is -2.37. The third-order valence-corrected chi connectivity index (χ3v) is 3.70. The molecule has 1 heterocycles. The Hall–Kier alpha value is -0.820. The van der Waals surface area contributed by atoms with Gasteiger partial charge in [-0.3, -0.25) is 0 Å². The van der Waals surface area contributed by atoms with E-state index in [1.54, 1.807) is 0 Å². The molecule has 0 aliphatic carbocycles. The average molecular weight is 232 g/mol. The summed E-state index contributed by atoms with van der Waals surface area (Å²) >= 11 is 0. The third-order valence-electron chi connectivity index (χ3n) is 3.70. The van der Waals surface area contributed by atoms with Crippen molar-refractivity contribution < 1.29 is 4.74 Å². The van der Waals surface area contributed by atoms with E-state index in [4.69, 9.17) is 4.74 Å². The van der Waals surface area contributed by atoms with Gasteiger partial charge in [-0.2, -0.15) is 0 Å². The molecular weight excluding hydrogens is 208 g/mol. The molecule has 0 radical (unpaired) electrons. The van der Waals surface area contributed by atoms with Gasteiger partial charge in [-0.25, -0.2) is 0 Å². The molecule has 0 bridgehead atoms. The molecule has 1 heteroatoms. The van der Waals surface area contributed by atoms with Crippen LogP contribution in [0.15, 0.2) is 30.3 Å². The number of benzene rings is 1. The fourth-order valence-corrected chi connectivity index (χ4v) is 3.14. The molecule has 1 nitrogen and oxygen atoms in total. The zero-order valence-electron chi connectivity index (χ0n) is 11.3. The molecule has 0 saturated carbocycles. The quantitative estimate of drug-likeness (QED) is 0.743. The first-order valence-corrected chi connectivity index (χ1v) is 6.65. The molecule has 1 saturated heterocycles. The van der Waals surface area contributed by atoms with Gasteiger partial charge in [-0.15, -0.1) is 0 Å². The van der Waals surface area contributed by atoms with E-state index >= 15 is 0 Å². The zero-order chi connectivity index (χ0) is 12.4. The maximum atomic E-state index is 5.56. The van der Waals surface area contributed by atoms with Crippen LogP contribution in [-0.4, -0.2) is 13.2 Å². The van der Waals surface area contributed by atoms with Crippen LogP contribution in [0.3, 0.4) is 0 Å². The van der Waals surface area contributed by atoms with E-state index in [-0.39, 0.29) is 0 Å². The van der Waals surface area contributed by atoms with E-state index in [1.807, 2.05) is 0 Å². The Labute approximate surface area is 105 Å². The largest absolute Gasteiger partial charge is 0.381 e. The van der Waals surface area contributed by atoms with Crippen molar-refractivity contribution in [2.24, 2.45) is 5.41 Å². The molecule has 17 heavy (non-hydrogen) atoms. The minimum Gasteiger partial charge on any atom is -0.381 e. The van der Waals surface area contributed by atoms with Crippen molar-refractivity contribution in [3.05, 3.63) is 35.9 Å². The number of hydrogen-bond acceptors (Lipinski definition) is 1. The normalized spacial score (nSPS) is 20.2. The molecule has 0 spiro atoms. The van der Waals surface area contributed by atoms with Crippen LogP contribution in [-0.2, 0) is 10.2 Å². The fraction of sp³-hybridized carbons (Fsp3) is 0.625. The minimum atomic E-state index is 0.331. The standard InChI is InChI=1S/C16H24O/c1-15(2,3)13-16(9-11-17-12-10-16)14-7-5-4-6-8-14/h4-8H,9-13H2,1-3H3. The second kappa shape index (κ2) is 4.81. The first-order chi connectivity index (χ1) is 8.02. The summed E-state index contributed by atoms with van der Waals surface area (Å²) in [6, 6.07) is 11.0.